The summed E-state index contributed by atoms with van der Waals surface area (Å²) < 4.78 is 37.6. The summed E-state index contributed by atoms with van der Waals surface area (Å²) in [4.78, 5) is 12.5. The van der Waals surface area contributed by atoms with Crippen LogP contribution in [0.15, 0.2) is 0 Å². The van der Waals surface area contributed by atoms with Crippen LogP contribution in [0.25, 0.3) is 0 Å². The zero-order valence-corrected chi connectivity index (χ0v) is 8.70. The molecule has 1 heterocycles. The van der Waals surface area contributed by atoms with E-state index < -0.39 is 24.6 Å². The molecule has 1 aliphatic heterocycles. The summed E-state index contributed by atoms with van der Waals surface area (Å²) in [6.07, 6.45) is -4.33. The molecule has 1 rings (SSSR count). The van der Waals surface area contributed by atoms with Crippen molar-refractivity contribution in [3.8, 4) is 0 Å². The smallest absolute Gasteiger partial charge is 0.393 e. The largest absolute Gasteiger partial charge is 0.396 e. The summed E-state index contributed by atoms with van der Waals surface area (Å²) >= 11 is 0. The Labute approximate surface area is 91.2 Å². The van der Waals surface area contributed by atoms with E-state index in [0.717, 1.165) is 4.90 Å². The van der Waals surface area contributed by atoms with E-state index in [9.17, 15) is 18.0 Å². The molecule has 0 aromatic carbocycles. The highest BCUT2D eigenvalue weighted by Gasteiger charge is 2.50. The van der Waals surface area contributed by atoms with Crippen molar-refractivity contribution >= 4 is 5.91 Å². The van der Waals surface area contributed by atoms with Gasteiger partial charge in [-0.25, -0.2) is 0 Å². The van der Waals surface area contributed by atoms with Crippen molar-refractivity contribution in [1.29, 1.82) is 0 Å². The molecule has 1 amide bonds. The van der Waals surface area contributed by atoms with Crippen LogP contribution < -0.4 is 5.73 Å². The third-order valence-corrected chi connectivity index (χ3v) is 2.81. The molecule has 7 heteroatoms. The van der Waals surface area contributed by atoms with Crippen molar-refractivity contribution in [3.05, 3.63) is 0 Å². The summed E-state index contributed by atoms with van der Waals surface area (Å²) in [6, 6.07) is 0. The standard InChI is InChI=1S/C9H15F3N2O2/c10-9(11,12)7-4-14(3-6(7)5-15)8(16)1-2-13/h6-7,15H,1-5,13H2. The predicted molar refractivity (Wildman–Crippen MR) is 50.4 cm³/mol. The predicted octanol–water partition coefficient (Wildman–Crippen LogP) is -0.0356. The molecular weight excluding hydrogens is 225 g/mol. The van der Waals surface area contributed by atoms with E-state index in [-0.39, 0.29) is 32.0 Å². The zero-order valence-electron chi connectivity index (χ0n) is 8.70. The van der Waals surface area contributed by atoms with Crippen LogP contribution in [-0.4, -0.2) is 48.3 Å². The highest BCUT2D eigenvalue weighted by Crippen LogP contribution is 2.37. The summed E-state index contributed by atoms with van der Waals surface area (Å²) in [7, 11) is 0. The second kappa shape index (κ2) is 5.01. The number of amides is 1. The van der Waals surface area contributed by atoms with Crippen LogP contribution in [0.1, 0.15) is 6.42 Å². The summed E-state index contributed by atoms with van der Waals surface area (Å²) in [6.45, 7) is -0.848. The monoisotopic (exact) mass is 240 g/mol. The van der Waals surface area contributed by atoms with Crippen molar-refractivity contribution in [2.45, 2.75) is 12.6 Å². The molecular formula is C9H15F3N2O2. The van der Waals surface area contributed by atoms with Crippen LogP contribution in [0.2, 0.25) is 0 Å². The van der Waals surface area contributed by atoms with Gasteiger partial charge in [0, 0.05) is 38.6 Å². The van der Waals surface area contributed by atoms with Gasteiger partial charge in [0.25, 0.3) is 0 Å². The topological polar surface area (TPSA) is 66.6 Å². The van der Waals surface area contributed by atoms with Gasteiger partial charge in [0.2, 0.25) is 5.91 Å². The number of rotatable bonds is 3. The van der Waals surface area contributed by atoms with E-state index in [1.165, 1.54) is 0 Å². The second-order valence-corrected chi connectivity index (χ2v) is 3.93. The summed E-state index contributed by atoms with van der Waals surface area (Å²) in [5, 5.41) is 8.87. The van der Waals surface area contributed by atoms with E-state index in [1.807, 2.05) is 0 Å². The van der Waals surface area contributed by atoms with Gasteiger partial charge in [-0.15, -0.1) is 0 Å². The van der Waals surface area contributed by atoms with Gasteiger partial charge in [-0.3, -0.25) is 4.79 Å². The molecule has 4 nitrogen and oxygen atoms in total. The molecule has 0 aromatic heterocycles. The minimum absolute atomic E-state index is 0.0422. The number of nitrogens with two attached hydrogens (primary N) is 1. The van der Waals surface area contributed by atoms with E-state index >= 15 is 0 Å². The molecule has 0 aliphatic carbocycles. The molecule has 2 unspecified atom stereocenters. The molecule has 0 saturated carbocycles. The normalized spacial score (nSPS) is 26.2. The van der Waals surface area contributed by atoms with Crippen LogP contribution in [-0.2, 0) is 4.79 Å². The van der Waals surface area contributed by atoms with Gasteiger partial charge < -0.3 is 15.7 Å². The maximum absolute atomic E-state index is 12.5. The number of nitrogens with zero attached hydrogens (tertiary/aromatic N) is 1. The van der Waals surface area contributed by atoms with Gasteiger partial charge >= 0.3 is 6.18 Å². The van der Waals surface area contributed by atoms with Gasteiger partial charge in [0.05, 0.1) is 5.92 Å². The first-order chi connectivity index (χ1) is 7.40. The van der Waals surface area contributed by atoms with Crippen molar-refractivity contribution in [2.75, 3.05) is 26.2 Å². The van der Waals surface area contributed by atoms with Crippen LogP contribution >= 0.6 is 0 Å². The summed E-state index contributed by atoms with van der Waals surface area (Å²) in [5.74, 6) is -2.92. The molecule has 3 N–H and O–H groups in total. The molecule has 0 radical (unpaired) electrons. The summed E-state index contributed by atoms with van der Waals surface area (Å²) in [5.41, 5.74) is 5.17. The number of carbonyl (C=O) groups excluding carboxylic acids is 1. The Kier molecular flexibility index (Phi) is 4.15. The lowest BCUT2D eigenvalue weighted by Crippen LogP contribution is -2.33. The Hall–Kier alpha value is -0.820. The molecule has 0 aromatic rings. The van der Waals surface area contributed by atoms with E-state index in [0.29, 0.717) is 0 Å². The average molecular weight is 240 g/mol. The number of halogens is 3. The number of carbonyl (C=O) groups is 1. The first-order valence-electron chi connectivity index (χ1n) is 5.05. The molecule has 1 fully saturated rings. The van der Waals surface area contributed by atoms with Crippen LogP contribution in [0.5, 0.6) is 0 Å². The van der Waals surface area contributed by atoms with Crippen molar-refractivity contribution in [1.82, 2.24) is 4.90 Å². The molecule has 1 saturated heterocycles. The third kappa shape index (κ3) is 2.85. The minimum Gasteiger partial charge on any atom is -0.396 e. The highest BCUT2D eigenvalue weighted by molar-refractivity contribution is 5.76. The molecule has 0 bridgehead atoms. The zero-order chi connectivity index (χ0) is 12.3. The molecule has 94 valence electrons. The average Bonchev–Trinajstić information content (AvgIpc) is 2.61. The van der Waals surface area contributed by atoms with E-state index in [1.54, 1.807) is 0 Å². The molecule has 1 aliphatic rings. The van der Waals surface area contributed by atoms with Gasteiger partial charge in [-0.2, -0.15) is 13.2 Å². The lowest BCUT2D eigenvalue weighted by molar-refractivity contribution is -0.183. The number of aliphatic hydroxyl groups is 1. The number of alkyl halides is 3. The number of hydrogen-bond acceptors (Lipinski definition) is 3. The fraction of sp³-hybridized carbons (Fsp3) is 0.889. The van der Waals surface area contributed by atoms with Gasteiger partial charge in [0.15, 0.2) is 0 Å². The third-order valence-electron chi connectivity index (χ3n) is 2.81. The van der Waals surface area contributed by atoms with Gasteiger partial charge in [0.1, 0.15) is 0 Å². The van der Waals surface area contributed by atoms with Crippen molar-refractivity contribution in [2.24, 2.45) is 17.6 Å². The van der Waals surface area contributed by atoms with E-state index in [4.69, 9.17) is 10.8 Å². The Morgan fingerprint density at radius 3 is 2.44 bits per heavy atom. The quantitative estimate of drug-likeness (QED) is 0.727. The van der Waals surface area contributed by atoms with E-state index in [2.05, 4.69) is 0 Å². The van der Waals surface area contributed by atoms with Crippen LogP contribution in [0, 0.1) is 11.8 Å². The van der Waals surface area contributed by atoms with Crippen molar-refractivity contribution in [3.63, 3.8) is 0 Å². The molecule has 0 spiro atoms. The lowest BCUT2D eigenvalue weighted by atomic mass is 9.97. The fourth-order valence-electron chi connectivity index (χ4n) is 1.91. The maximum Gasteiger partial charge on any atom is 0.393 e. The number of hydrogen-bond donors (Lipinski definition) is 2. The first kappa shape index (κ1) is 13.2. The Bertz CT molecular complexity index is 258. The maximum atomic E-state index is 12.5. The number of aliphatic hydroxyl groups excluding tert-OH is 1. The Balaban J connectivity index is 2.67. The minimum atomic E-state index is -4.37. The second-order valence-electron chi connectivity index (χ2n) is 3.93. The fourth-order valence-corrected chi connectivity index (χ4v) is 1.91. The molecule has 2 atom stereocenters. The van der Waals surface area contributed by atoms with Crippen LogP contribution in [0.4, 0.5) is 13.2 Å². The van der Waals surface area contributed by atoms with Gasteiger partial charge in [-0.05, 0) is 0 Å². The van der Waals surface area contributed by atoms with Gasteiger partial charge in [-0.1, -0.05) is 0 Å². The molecule has 16 heavy (non-hydrogen) atoms. The highest BCUT2D eigenvalue weighted by atomic mass is 19.4. The Morgan fingerprint density at radius 2 is 2.06 bits per heavy atom. The Morgan fingerprint density at radius 1 is 1.44 bits per heavy atom. The SMILES string of the molecule is NCCC(=O)N1CC(CO)C(C(F)(F)F)C1. The number of likely N-dealkylation sites (tertiary alicyclic amines) is 1. The lowest BCUT2D eigenvalue weighted by Gasteiger charge is -2.19. The van der Waals surface area contributed by atoms with Crippen LogP contribution in [0.3, 0.4) is 0 Å². The van der Waals surface area contributed by atoms with Crippen molar-refractivity contribution < 1.29 is 23.1 Å². The first-order valence-corrected chi connectivity index (χ1v) is 5.05.